The molecule has 0 spiro atoms. The Labute approximate surface area is 116 Å². The van der Waals surface area contributed by atoms with Gasteiger partial charge < -0.3 is 4.74 Å². The minimum absolute atomic E-state index is 0.0216. The van der Waals surface area contributed by atoms with Gasteiger partial charge in [0.05, 0.1) is 23.8 Å². The average molecular weight is 303 g/mol. The van der Waals surface area contributed by atoms with Crippen LogP contribution in [0.5, 0.6) is 0 Å². The van der Waals surface area contributed by atoms with Gasteiger partial charge in [0.1, 0.15) is 0 Å². The van der Waals surface area contributed by atoms with Gasteiger partial charge in [-0.15, -0.1) is 0 Å². The van der Waals surface area contributed by atoms with Crippen molar-refractivity contribution >= 4 is 24.0 Å². The van der Waals surface area contributed by atoms with Crippen LogP contribution < -0.4 is 0 Å². The average Bonchev–Trinajstić information content (AvgIpc) is 2.36. The highest BCUT2D eigenvalue weighted by Crippen LogP contribution is 2.39. The fraction of sp³-hybridized carbons (Fsp3) is 0.250. The molecule has 0 heterocycles. The van der Waals surface area contributed by atoms with Gasteiger partial charge in [0.2, 0.25) is 0 Å². The molecule has 0 N–H and O–H groups in total. The van der Waals surface area contributed by atoms with Crippen LogP contribution in [0.15, 0.2) is 17.0 Å². The maximum Gasteiger partial charge on any atom is 0.446 e. The lowest BCUT2D eigenvalue weighted by Crippen LogP contribution is -2.10. The van der Waals surface area contributed by atoms with Crippen LogP contribution in [0.2, 0.25) is 0 Å². The first-order valence-electron chi connectivity index (χ1n) is 5.28. The van der Waals surface area contributed by atoms with E-state index in [1.807, 2.05) is 0 Å². The number of rotatable bonds is 4. The fourth-order valence-electron chi connectivity index (χ4n) is 1.37. The number of carbonyl (C=O) groups excluding carboxylic acids is 2. The highest BCUT2D eigenvalue weighted by molar-refractivity contribution is 8.00. The summed E-state index contributed by atoms with van der Waals surface area (Å²) in [6.45, 7) is 1.48. The molecule has 20 heavy (non-hydrogen) atoms. The van der Waals surface area contributed by atoms with E-state index in [4.69, 9.17) is 5.26 Å². The number of halogens is 3. The van der Waals surface area contributed by atoms with Crippen molar-refractivity contribution in [3.8, 4) is 6.07 Å². The number of hydrogen-bond donors (Lipinski definition) is 0. The van der Waals surface area contributed by atoms with Crippen molar-refractivity contribution in [2.75, 3.05) is 6.61 Å². The van der Waals surface area contributed by atoms with E-state index >= 15 is 0 Å². The fourth-order valence-corrected chi connectivity index (χ4v) is 2.05. The maximum absolute atomic E-state index is 12.4. The van der Waals surface area contributed by atoms with Crippen LogP contribution in [-0.2, 0) is 4.74 Å². The first-order valence-corrected chi connectivity index (χ1v) is 6.10. The van der Waals surface area contributed by atoms with Crippen molar-refractivity contribution in [2.24, 2.45) is 0 Å². The number of carbonyl (C=O) groups is 2. The van der Waals surface area contributed by atoms with Crippen molar-refractivity contribution in [1.29, 1.82) is 5.26 Å². The van der Waals surface area contributed by atoms with Gasteiger partial charge in [0, 0.05) is 10.5 Å². The third kappa shape index (κ3) is 3.99. The summed E-state index contributed by atoms with van der Waals surface area (Å²) in [5.41, 5.74) is -5.42. The van der Waals surface area contributed by atoms with Gasteiger partial charge in [-0.05, 0) is 30.8 Å². The summed E-state index contributed by atoms with van der Waals surface area (Å²) >= 11 is -0.539. The molecule has 106 valence electrons. The summed E-state index contributed by atoms with van der Waals surface area (Å²) in [6.07, 6.45) is 0.258. The molecule has 0 atom stereocenters. The van der Waals surface area contributed by atoms with E-state index in [-0.39, 0.29) is 24.0 Å². The molecule has 1 rings (SSSR count). The van der Waals surface area contributed by atoms with Gasteiger partial charge in [-0.25, -0.2) is 4.79 Å². The number of ether oxygens (including phenoxy) is 1. The van der Waals surface area contributed by atoms with Crippen LogP contribution in [0.3, 0.4) is 0 Å². The molecule has 8 heteroatoms. The second-order valence-corrected chi connectivity index (χ2v) is 4.54. The third-order valence-electron chi connectivity index (χ3n) is 2.12. The van der Waals surface area contributed by atoms with E-state index in [0.29, 0.717) is 0 Å². The van der Waals surface area contributed by atoms with Crippen molar-refractivity contribution < 1.29 is 27.5 Å². The Hall–Kier alpha value is -2.01. The number of alkyl halides is 3. The quantitative estimate of drug-likeness (QED) is 0.485. The standard InChI is InChI=1S/C12H8F3NO3S/c1-2-19-11(18)9-3-7(5-16)8(6-17)4-10(9)20-12(13,14)15/h3-4,6H,2H2,1H3. The highest BCUT2D eigenvalue weighted by Gasteiger charge is 2.32. The topological polar surface area (TPSA) is 67.2 Å². The zero-order chi connectivity index (χ0) is 15.3. The molecule has 0 aliphatic heterocycles. The monoisotopic (exact) mass is 303 g/mol. The molecule has 0 amide bonds. The van der Waals surface area contributed by atoms with Crippen molar-refractivity contribution in [3.63, 3.8) is 0 Å². The molecule has 1 aromatic rings. The number of hydrogen-bond acceptors (Lipinski definition) is 5. The second kappa shape index (κ2) is 6.43. The minimum Gasteiger partial charge on any atom is -0.462 e. The van der Waals surface area contributed by atoms with Gasteiger partial charge in [0.25, 0.3) is 0 Å². The molecule has 0 saturated heterocycles. The molecule has 0 aliphatic carbocycles. The lowest BCUT2D eigenvalue weighted by atomic mass is 10.1. The number of nitriles is 1. The molecule has 0 unspecified atom stereocenters. The third-order valence-corrected chi connectivity index (χ3v) is 2.91. The summed E-state index contributed by atoms with van der Waals surface area (Å²) in [5.74, 6) is -0.979. The number of benzene rings is 1. The lowest BCUT2D eigenvalue weighted by molar-refractivity contribution is -0.0328. The SMILES string of the molecule is CCOC(=O)c1cc(C#N)c(C=O)cc1SC(F)(F)F. The predicted octanol–water partition coefficient (Wildman–Crippen LogP) is 3.16. The van der Waals surface area contributed by atoms with E-state index < -0.39 is 33.7 Å². The van der Waals surface area contributed by atoms with Gasteiger partial charge in [-0.3, -0.25) is 4.79 Å². The van der Waals surface area contributed by atoms with E-state index in [0.717, 1.165) is 12.1 Å². The molecule has 0 saturated carbocycles. The van der Waals surface area contributed by atoms with Crippen LogP contribution in [0, 0.1) is 11.3 Å². The summed E-state index contributed by atoms with van der Waals surface area (Å²) in [6, 6.07) is 3.43. The smallest absolute Gasteiger partial charge is 0.446 e. The van der Waals surface area contributed by atoms with Crippen LogP contribution in [0.4, 0.5) is 13.2 Å². The summed E-state index contributed by atoms with van der Waals surface area (Å²) < 4.78 is 42.0. The predicted molar refractivity (Wildman–Crippen MR) is 64.4 cm³/mol. The maximum atomic E-state index is 12.4. The van der Waals surface area contributed by atoms with Gasteiger partial charge in [-0.2, -0.15) is 18.4 Å². The van der Waals surface area contributed by atoms with E-state index in [1.54, 1.807) is 6.07 Å². The van der Waals surface area contributed by atoms with Gasteiger partial charge in [-0.1, -0.05) is 0 Å². The Morgan fingerprint density at radius 1 is 1.50 bits per heavy atom. The number of esters is 1. The van der Waals surface area contributed by atoms with Crippen LogP contribution in [0.1, 0.15) is 33.2 Å². The van der Waals surface area contributed by atoms with Gasteiger partial charge >= 0.3 is 11.5 Å². The largest absolute Gasteiger partial charge is 0.462 e. The molecule has 0 bridgehead atoms. The molecule has 0 fully saturated rings. The van der Waals surface area contributed by atoms with Crippen molar-refractivity contribution in [3.05, 3.63) is 28.8 Å². The molecule has 0 radical (unpaired) electrons. The normalized spacial score (nSPS) is 10.8. The Balaban J connectivity index is 3.41. The lowest BCUT2D eigenvalue weighted by Gasteiger charge is -2.12. The van der Waals surface area contributed by atoms with Crippen LogP contribution >= 0.6 is 11.8 Å². The van der Waals surface area contributed by atoms with E-state index in [1.165, 1.54) is 6.92 Å². The van der Waals surface area contributed by atoms with E-state index in [9.17, 15) is 22.8 Å². The van der Waals surface area contributed by atoms with Crippen molar-refractivity contribution in [1.82, 2.24) is 0 Å². The summed E-state index contributed by atoms with van der Waals surface area (Å²) in [7, 11) is 0. The summed E-state index contributed by atoms with van der Waals surface area (Å²) in [4.78, 5) is 21.9. The molecule has 1 aromatic carbocycles. The van der Waals surface area contributed by atoms with Crippen LogP contribution in [0.25, 0.3) is 0 Å². The first-order chi connectivity index (χ1) is 9.32. The number of thioether (sulfide) groups is 1. The Bertz CT molecular complexity index is 579. The first kappa shape index (κ1) is 16.0. The minimum atomic E-state index is -4.63. The Morgan fingerprint density at radius 3 is 2.60 bits per heavy atom. The number of nitrogens with zero attached hydrogens (tertiary/aromatic N) is 1. The molecular weight excluding hydrogens is 295 g/mol. The Morgan fingerprint density at radius 2 is 2.15 bits per heavy atom. The molecule has 4 nitrogen and oxygen atoms in total. The van der Waals surface area contributed by atoms with Gasteiger partial charge in [0.15, 0.2) is 6.29 Å². The Kier molecular flexibility index (Phi) is 5.16. The van der Waals surface area contributed by atoms with Crippen molar-refractivity contribution in [2.45, 2.75) is 17.3 Å². The molecule has 0 aliphatic rings. The molecule has 0 aromatic heterocycles. The highest BCUT2D eigenvalue weighted by atomic mass is 32.2. The second-order valence-electron chi connectivity index (χ2n) is 3.43. The van der Waals surface area contributed by atoms with E-state index in [2.05, 4.69) is 4.74 Å². The molecular formula is C12H8F3NO3S. The summed E-state index contributed by atoms with van der Waals surface area (Å²) in [5, 5.41) is 8.82. The zero-order valence-corrected chi connectivity index (χ0v) is 11.0. The van der Waals surface area contributed by atoms with Crippen LogP contribution in [-0.4, -0.2) is 24.4 Å². The number of aldehydes is 1. The zero-order valence-electron chi connectivity index (χ0n) is 10.2.